The molecule has 0 spiro atoms. The monoisotopic (exact) mass is 984 g/mol. The third-order valence-corrected chi connectivity index (χ3v) is 19.3. The Bertz CT molecular complexity index is 2050. The van der Waals surface area contributed by atoms with E-state index in [1.54, 1.807) is 6.92 Å². The lowest BCUT2D eigenvalue weighted by Crippen LogP contribution is -2.68. The summed E-state index contributed by atoms with van der Waals surface area (Å²) in [5, 5.41) is 114. The second-order valence-corrected chi connectivity index (χ2v) is 23.4. The molecule has 5 aliphatic carbocycles. The lowest BCUT2D eigenvalue weighted by atomic mass is 9.33. The average Bonchev–Trinajstić information content (AvgIpc) is 3.27. The molecule has 0 amide bonds. The number of ketones is 1. The number of rotatable bonds is 9. The standard InChI is InChI=1S/C48H72O21/c1-43(2)23-8-11-48(7)36(21(50)16-19-20-17-45(4,13-12-44(20,3)14-15-47(19,48)6)42(63)69-39-31(57)26(52)25(51)22(18-49)64-39)46(23,5)10-9-24(43)65-41-35(30(56)29(55)34(67-41)38(61)62)68-40-32(58)27(53)28(54)33(66-40)37(59)60/h16,20,22-36,39-41,49,51-58H,8-15,17-18H2,1-7H3,(H,59,60)(H,61,62)/t20-,22-,23+,24+,25-,26+,27+,28+,29+,30+,31-,32-,33+,34+,35-,36-,39+,40+,41-,44-,45+,46+,47-,48-/m0/s1. The first-order valence-corrected chi connectivity index (χ1v) is 24.3. The SMILES string of the molecule is CC1(C)[C@H]2CC[C@@]3(C)[C@@H](C(=O)C=C4[C@@H]5C[C@](C)(C(=O)O[C@H]6O[C@@H](CO)[C@H](O)[C@@H](O)[C@@H]6O)CC[C@@]5(C)CC[C@@]43C)[C@]2(C)CC[C@H]1O[C@H]1O[C@@H](C(=O)O)[C@H](O)[C@@H](O)[C@@H]1O[C@H]1O[C@@H](C(=O)O)[C@H](O)[C@@H](O)[C@@H]1O. The number of aliphatic hydroxyl groups is 9. The number of hydrogen-bond donors (Lipinski definition) is 11. The van der Waals surface area contributed by atoms with Crippen LogP contribution in [0.15, 0.2) is 11.6 Å². The van der Waals surface area contributed by atoms with Crippen LogP contribution in [0.5, 0.6) is 0 Å². The molecule has 8 rings (SSSR count). The van der Waals surface area contributed by atoms with Crippen molar-refractivity contribution in [3.8, 4) is 0 Å². The highest BCUT2D eigenvalue weighted by atomic mass is 16.8. The molecule has 390 valence electrons. The van der Waals surface area contributed by atoms with Crippen molar-refractivity contribution in [1.82, 2.24) is 0 Å². The molecule has 7 fully saturated rings. The van der Waals surface area contributed by atoms with Gasteiger partial charge in [-0.2, -0.15) is 0 Å². The fourth-order valence-electron chi connectivity index (χ4n) is 14.8. The summed E-state index contributed by atoms with van der Waals surface area (Å²) in [6, 6.07) is 0. The number of carbonyl (C=O) groups excluding carboxylic acids is 2. The zero-order valence-electron chi connectivity index (χ0n) is 40.1. The van der Waals surface area contributed by atoms with E-state index in [4.69, 9.17) is 28.4 Å². The molecule has 3 saturated heterocycles. The predicted octanol–water partition coefficient (Wildman–Crippen LogP) is -0.496. The highest BCUT2D eigenvalue weighted by Gasteiger charge is 2.71. The van der Waals surface area contributed by atoms with Gasteiger partial charge in [0.05, 0.1) is 18.1 Å². The maximum atomic E-state index is 15.2. The summed E-state index contributed by atoms with van der Waals surface area (Å²) in [5.41, 5.74) is -2.69. The lowest BCUT2D eigenvalue weighted by molar-refractivity contribution is -0.371. The van der Waals surface area contributed by atoms with Crippen molar-refractivity contribution in [1.29, 1.82) is 0 Å². The molecule has 11 N–H and O–H groups in total. The first-order valence-electron chi connectivity index (χ1n) is 24.3. The topological polar surface area (TPSA) is 346 Å². The number of carbonyl (C=O) groups is 4. The van der Waals surface area contributed by atoms with Crippen molar-refractivity contribution >= 4 is 23.7 Å². The number of carboxylic acid groups (broad SMARTS) is 2. The van der Waals surface area contributed by atoms with Crippen LogP contribution >= 0.6 is 0 Å². The minimum absolute atomic E-state index is 0.0173. The Morgan fingerprint density at radius 2 is 1.23 bits per heavy atom. The molecular weight excluding hydrogens is 913 g/mol. The van der Waals surface area contributed by atoms with Crippen LogP contribution in [-0.2, 0) is 47.6 Å². The quantitative estimate of drug-likeness (QED) is 0.102. The molecule has 24 atom stereocenters. The smallest absolute Gasteiger partial charge is 0.335 e. The van der Waals surface area contributed by atoms with E-state index in [0.29, 0.717) is 44.9 Å². The molecule has 0 aromatic carbocycles. The highest BCUT2D eigenvalue weighted by Crippen LogP contribution is 2.75. The van der Waals surface area contributed by atoms with E-state index in [2.05, 4.69) is 27.7 Å². The van der Waals surface area contributed by atoms with Crippen molar-refractivity contribution in [3.63, 3.8) is 0 Å². The van der Waals surface area contributed by atoms with Gasteiger partial charge in [-0.3, -0.25) is 9.59 Å². The molecule has 21 heteroatoms. The van der Waals surface area contributed by atoms with Gasteiger partial charge in [-0.25, -0.2) is 9.59 Å². The number of hydrogen-bond acceptors (Lipinski definition) is 19. The van der Waals surface area contributed by atoms with Crippen molar-refractivity contribution in [2.24, 2.45) is 50.2 Å². The van der Waals surface area contributed by atoms with Gasteiger partial charge in [0, 0.05) is 5.92 Å². The molecule has 0 unspecified atom stereocenters. The molecule has 0 aromatic rings. The Labute approximate surface area is 399 Å². The number of allylic oxidation sites excluding steroid dienone is 2. The second kappa shape index (κ2) is 18.0. The van der Waals surface area contributed by atoms with E-state index in [9.17, 15) is 70.6 Å². The van der Waals surface area contributed by atoms with Gasteiger partial charge in [-0.15, -0.1) is 0 Å². The van der Waals surface area contributed by atoms with Crippen LogP contribution in [0.1, 0.15) is 106 Å². The second-order valence-electron chi connectivity index (χ2n) is 23.4. The van der Waals surface area contributed by atoms with Crippen molar-refractivity contribution in [2.75, 3.05) is 6.61 Å². The lowest BCUT2D eigenvalue weighted by Gasteiger charge is -2.70. The molecule has 3 aliphatic heterocycles. The van der Waals surface area contributed by atoms with Crippen LogP contribution in [0.2, 0.25) is 0 Å². The minimum Gasteiger partial charge on any atom is -0.479 e. The van der Waals surface area contributed by atoms with E-state index in [1.165, 1.54) is 0 Å². The van der Waals surface area contributed by atoms with E-state index >= 15 is 4.79 Å². The third-order valence-electron chi connectivity index (χ3n) is 19.3. The van der Waals surface area contributed by atoms with Gasteiger partial charge in [0.2, 0.25) is 6.29 Å². The normalized spacial score (nSPS) is 52.8. The molecule has 21 nitrogen and oxygen atoms in total. The van der Waals surface area contributed by atoms with Gasteiger partial charge in [-0.1, -0.05) is 47.1 Å². The number of esters is 1. The summed E-state index contributed by atoms with van der Waals surface area (Å²) in [7, 11) is 0. The summed E-state index contributed by atoms with van der Waals surface area (Å²) >= 11 is 0. The molecule has 4 saturated carbocycles. The zero-order chi connectivity index (χ0) is 50.9. The summed E-state index contributed by atoms with van der Waals surface area (Å²) in [6.07, 6.45) is -21.6. The Morgan fingerprint density at radius 1 is 0.652 bits per heavy atom. The highest BCUT2D eigenvalue weighted by molar-refractivity contribution is 5.95. The minimum atomic E-state index is -2.08. The van der Waals surface area contributed by atoms with E-state index in [-0.39, 0.29) is 23.0 Å². The van der Waals surface area contributed by atoms with Crippen LogP contribution in [-0.4, -0.2) is 185 Å². The van der Waals surface area contributed by atoms with Crippen molar-refractivity contribution in [3.05, 3.63) is 11.6 Å². The summed E-state index contributed by atoms with van der Waals surface area (Å²) < 4.78 is 34.7. The van der Waals surface area contributed by atoms with Crippen LogP contribution in [0.3, 0.4) is 0 Å². The summed E-state index contributed by atoms with van der Waals surface area (Å²) in [4.78, 5) is 53.4. The Balaban J connectivity index is 1.04. The average molecular weight is 985 g/mol. The Hall–Kier alpha value is -2.74. The maximum absolute atomic E-state index is 15.2. The van der Waals surface area contributed by atoms with Crippen molar-refractivity contribution < 1.29 is 104 Å². The maximum Gasteiger partial charge on any atom is 0.335 e. The Kier molecular flexibility index (Phi) is 13.7. The fraction of sp³-hybridized carbons (Fsp3) is 0.875. The largest absolute Gasteiger partial charge is 0.479 e. The van der Waals surface area contributed by atoms with Crippen LogP contribution in [0, 0.1) is 50.2 Å². The first kappa shape index (κ1) is 52.6. The zero-order valence-corrected chi connectivity index (χ0v) is 40.1. The van der Waals surface area contributed by atoms with E-state index in [1.807, 2.05) is 19.9 Å². The molecule has 8 aliphatic rings. The molecule has 0 bridgehead atoms. The van der Waals surface area contributed by atoms with E-state index in [0.717, 1.165) is 18.4 Å². The van der Waals surface area contributed by atoms with Crippen LogP contribution in [0.4, 0.5) is 0 Å². The van der Waals surface area contributed by atoms with Gasteiger partial charge in [0.25, 0.3) is 0 Å². The third kappa shape index (κ3) is 8.13. The van der Waals surface area contributed by atoms with Crippen LogP contribution < -0.4 is 0 Å². The molecule has 3 heterocycles. The van der Waals surface area contributed by atoms with E-state index < -0.39 is 156 Å². The van der Waals surface area contributed by atoms with Crippen molar-refractivity contribution in [2.45, 2.75) is 204 Å². The summed E-state index contributed by atoms with van der Waals surface area (Å²) in [5.74, 6) is -4.80. The van der Waals surface area contributed by atoms with Gasteiger partial charge in [0.1, 0.15) is 61.0 Å². The predicted molar refractivity (Wildman–Crippen MR) is 232 cm³/mol. The number of carboxylic acids is 2. The summed E-state index contributed by atoms with van der Waals surface area (Å²) in [6.45, 7) is 13.9. The molecule has 69 heavy (non-hydrogen) atoms. The molecular formula is C48H72O21. The van der Waals surface area contributed by atoms with Crippen LogP contribution in [0.25, 0.3) is 0 Å². The van der Waals surface area contributed by atoms with Gasteiger partial charge in [0.15, 0.2) is 30.6 Å². The number of fused-ring (bicyclic) bond motifs is 7. The fourth-order valence-corrected chi connectivity index (χ4v) is 14.8. The number of ether oxygens (including phenoxy) is 6. The van der Waals surface area contributed by atoms with Gasteiger partial charge in [-0.05, 0) is 110 Å². The Morgan fingerprint density at radius 3 is 1.86 bits per heavy atom. The first-order chi connectivity index (χ1) is 32.0. The molecule has 0 radical (unpaired) electrons. The number of aliphatic carboxylic acids is 2. The van der Waals surface area contributed by atoms with Gasteiger partial charge < -0.3 is 84.6 Å². The number of aliphatic hydroxyl groups excluding tert-OH is 9. The molecule has 0 aromatic heterocycles. The van der Waals surface area contributed by atoms with Gasteiger partial charge >= 0.3 is 17.9 Å².